The van der Waals surface area contributed by atoms with Crippen LogP contribution < -0.4 is 20.1 Å². The standard InChI is InChI=1S/C28H20F2N3O4.C4H9.U/c29-28(30)36-22-9-8-20(14-23(22)37-28)27(10-11-27)26(35)33-24-13-18-5-1-2-7-21(18)25(32-24)19-6-3-4-17(12-19)15-31-16-34;1-4(2)3;/h1-9,12-14H,10-11,15H2,(H,31,34)(H,32,33,35);1-3H3;/q2*-1;+2. The van der Waals surface area contributed by atoms with Crippen molar-refractivity contribution in [2.24, 2.45) is 0 Å². The van der Waals surface area contributed by atoms with Gasteiger partial charge in [0.05, 0.1) is 11.1 Å². The Balaban J connectivity index is 0.000000763. The minimum Gasteiger partial charge on any atom is -0.526 e. The van der Waals surface area contributed by atoms with Gasteiger partial charge in [-0.25, -0.2) is 4.98 Å². The molecule has 0 bridgehead atoms. The van der Waals surface area contributed by atoms with Crippen LogP contribution in [0, 0.1) is 37.0 Å². The molecular weight excluding hydrogens is 766 g/mol. The number of carbonyl (C=O) groups excluding carboxylic acids is 2. The Morgan fingerprint density at radius 1 is 0.976 bits per heavy atom. The Morgan fingerprint density at radius 3 is 2.40 bits per heavy atom. The maximum absolute atomic E-state index is 13.5. The van der Waals surface area contributed by atoms with E-state index in [1.165, 1.54) is 18.1 Å². The number of alkyl halides is 2. The molecule has 2 amide bonds. The van der Waals surface area contributed by atoms with Crippen molar-refractivity contribution in [3.63, 3.8) is 0 Å². The van der Waals surface area contributed by atoms with E-state index < -0.39 is 11.7 Å². The fourth-order valence-corrected chi connectivity index (χ4v) is 4.70. The predicted molar refractivity (Wildman–Crippen MR) is 152 cm³/mol. The summed E-state index contributed by atoms with van der Waals surface area (Å²) in [6.07, 6.45) is -0.911. The van der Waals surface area contributed by atoms with E-state index in [2.05, 4.69) is 40.9 Å². The monoisotopic (exact) mass is 795 g/mol. The van der Waals surface area contributed by atoms with Crippen LogP contribution in [0.25, 0.3) is 22.0 Å². The van der Waals surface area contributed by atoms with E-state index in [0.29, 0.717) is 36.5 Å². The van der Waals surface area contributed by atoms with E-state index in [1.54, 1.807) is 18.5 Å². The number of hydrogen-bond donors (Lipinski definition) is 2. The molecule has 10 heteroatoms. The van der Waals surface area contributed by atoms with Crippen LogP contribution >= 0.6 is 0 Å². The maximum atomic E-state index is 13.5. The second-order valence-corrected chi connectivity index (χ2v) is 10.6. The van der Waals surface area contributed by atoms with Gasteiger partial charge in [-0.15, -0.1) is 8.78 Å². The minimum atomic E-state index is -3.72. The maximum Gasteiger partial charge on any atom is 2.00 e. The average Bonchev–Trinajstić information content (AvgIpc) is 3.68. The number of nitrogens with one attached hydrogen (secondary N) is 2. The van der Waals surface area contributed by atoms with Crippen LogP contribution in [0.2, 0.25) is 0 Å². The molecule has 7 nitrogen and oxygen atoms in total. The number of aromatic nitrogens is 1. The summed E-state index contributed by atoms with van der Waals surface area (Å²) in [5.41, 5.74) is 2.11. The second kappa shape index (κ2) is 12.8. The summed E-state index contributed by atoms with van der Waals surface area (Å²) < 4.78 is 36.0. The number of benzene rings is 3. The van der Waals surface area contributed by atoms with Gasteiger partial charge in [0.25, 0.3) is 0 Å². The van der Waals surface area contributed by atoms with E-state index in [1.807, 2.05) is 48.5 Å². The number of pyridine rings is 1. The van der Waals surface area contributed by atoms with E-state index in [9.17, 15) is 18.4 Å². The molecule has 2 aliphatic rings. The molecule has 4 aromatic rings. The zero-order valence-electron chi connectivity index (χ0n) is 23.4. The SMILES string of the molecule is C[C-](C)C.O=[C-]NCc1cccc(-c2nc(NC(=O)C3(c4ccc5c(c4)OC(F)(F)O5)CC3)cc3ccccc23)c1.[U+2]. The first-order valence-corrected chi connectivity index (χ1v) is 13.2. The molecule has 0 atom stereocenters. The summed E-state index contributed by atoms with van der Waals surface area (Å²) in [5, 5.41) is 7.28. The van der Waals surface area contributed by atoms with Crippen molar-refractivity contribution >= 4 is 28.9 Å². The average molecular weight is 796 g/mol. The van der Waals surface area contributed by atoms with E-state index >= 15 is 0 Å². The molecular formula is C32H29F2N3O4U. The fraction of sp³-hybridized carbons (Fsp3) is 0.250. The van der Waals surface area contributed by atoms with Gasteiger partial charge in [-0.3, -0.25) is 4.79 Å². The van der Waals surface area contributed by atoms with Crippen LogP contribution in [0.15, 0.2) is 72.8 Å². The number of nitrogens with zero attached hydrogens (tertiary/aromatic N) is 1. The molecule has 214 valence electrons. The molecule has 0 spiro atoms. The van der Waals surface area contributed by atoms with E-state index in [0.717, 1.165) is 21.9 Å². The van der Waals surface area contributed by atoms with Crippen molar-refractivity contribution < 1.29 is 59.0 Å². The van der Waals surface area contributed by atoms with Crippen molar-refractivity contribution in [2.75, 3.05) is 5.32 Å². The minimum absolute atomic E-state index is 0. The quantitative estimate of drug-likeness (QED) is 0.161. The number of fused-ring (bicyclic) bond motifs is 2. The van der Waals surface area contributed by atoms with Gasteiger partial charge >= 0.3 is 37.4 Å². The van der Waals surface area contributed by atoms with Gasteiger partial charge in [0.1, 0.15) is 5.82 Å². The molecule has 1 fully saturated rings. The van der Waals surface area contributed by atoms with Crippen LogP contribution in [0.1, 0.15) is 44.7 Å². The Bertz CT molecular complexity index is 1610. The molecule has 1 saturated carbocycles. The van der Waals surface area contributed by atoms with Crippen LogP contribution in [-0.4, -0.2) is 23.6 Å². The Labute approximate surface area is 266 Å². The fourth-order valence-electron chi connectivity index (χ4n) is 4.70. The largest absolute Gasteiger partial charge is 2.00 e. The third kappa shape index (κ3) is 6.93. The molecule has 0 saturated heterocycles. The van der Waals surface area contributed by atoms with Gasteiger partial charge in [0.2, 0.25) is 5.91 Å². The molecule has 0 radical (unpaired) electrons. The van der Waals surface area contributed by atoms with Crippen LogP contribution in [0.4, 0.5) is 14.6 Å². The summed E-state index contributed by atoms with van der Waals surface area (Å²) in [5.74, 6) is 1.37. The van der Waals surface area contributed by atoms with Crippen molar-refractivity contribution in [3.8, 4) is 22.8 Å². The first-order valence-electron chi connectivity index (χ1n) is 13.2. The first-order chi connectivity index (χ1) is 19.6. The van der Waals surface area contributed by atoms with Crippen molar-refractivity contribution in [2.45, 2.75) is 51.9 Å². The first kappa shape index (κ1) is 31.5. The number of rotatable bonds is 7. The number of halogens is 2. The van der Waals surface area contributed by atoms with Crippen LogP contribution in [0.3, 0.4) is 0 Å². The number of anilines is 1. The zero-order chi connectivity index (χ0) is 29.2. The third-order valence-corrected chi connectivity index (χ3v) is 6.69. The van der Waals surface area contributed by atoms with Crippen LogP contribution in [0.5, 0.6) is 11.5 Å². The van der Waals surface area contributed by atoms with Gasteiger partial charge in [0.15, 0.2) is 11.5 Å². The Morgan fingerprint density at radius 2 is 1.69 bits per heavy atom. The number of hydrogen-bond acceptors (Lipinski definition) is 5. The van der Waals surface area contributed by atoms with E-state index in [-0.39, 0.29) is 48.5 Å². The van der Waals surface area contributed by atoms with E-state index in [4.69, 9.17) is 4.98 Å². The Kier molecular flexibility index (Phi) is 9.59. The summed E-state index contributed by atoms with van der Waals surface area (Å²) >= 11 is 0. The number of carbonyl (C=O) groups is 1. The topological polar surface area (TPSA) is 89.6 Å². The summed E-state index contributed by atoms with van der Waals surface area (Å²) in [7, 11) is 0. The molecule has 6 rings (SSSR count). The third-order valence-electron chi connectivity index (χ3n) is 6.69. The van der Waals surface area contributed by atoms with Crippen molar-refractivity contribution in [1.82, 2.24) is 10.3 Å². The summed E-state index contributed by atoms with van der Waals surface area (Å²) in [4.78, 5) is 28.8. The molecule has 2 N–H and O–H groups in total. The summed E-state index contributed by atoms with van der Waals surface area (Å²) in [6, 6.07) is 21.6. The molecule has 0 unspecified atom stereocenters. The zero-order valence-corrected chi connectivity index (χ0v) is 27.5. The number of ether oxygens (including phenoxy) is 2. The molecule has 42 heavy (non-hydrogen) atoms. The molecule has 1 aliphatic heterocycles. The molecule has 1 aliphatic carbocycles. The van der Waals surface area contributed by atoms with Crippen LogP contribution in [-0.2, 0) is 21.5 Å². The van der Waals surface area contributed by atoms with Gasteiger partial charge in [-0.2, -0.15) is 27.2 Å². The van der Waals surface area contributed by atoms with Crippen molar-refractivity contribution in [3.05, 3.63) is 89.8 Å². The molecule has 2 heterocycles. The second-order valence-electron chi connectivity index (χ2n) is 10.6. The molecule has 3 aromatic carbocycles. The normalized spacial score (nSPS) is 15.2. The number of amides is 2. The molecule has 1 aromatic heterocycles. The van der Waals surface area contributed by atoms with Crippen molar-refractivity contribution in [1.29, 1.82) is 0 Å². The van der Waals surface area contributed by atoms with Gasteiger partial charge in [0, 0.05) is 17.5 Å². The smallest absolute Gasteiger partial charge is 0.526 e. The van der Waals surface area contributed by atoms with Gasteiger partial charge < -0.3 is 30.8 Å². The summed E-state index contributed by atoms with van der Waals surface area (Å²) in [6.45, 7) is 6.58. The van der Waals surface area contributed by atoms with Gasteiger partial charge in [-0.05, 0) is 53.6 Å². The Hall–Kier alpha value is -3.48. The predicted octanol–water partition coefficient (Wildman–Crippen LogP) is 6.67. The van der Waals surface area contributed by atoms with Gasteiger partial charge in [-0.1, -0.05) is 48.5 Å².